The van der Waals surface area contributed by atoms with E-state index < -0.39 is 0 Å². The fourth-order valence-corrected chi connectivity index (χ4v) is 4.45. The van der Waals surface area contributed by atoms with Gasteiger partial charge < -0.3 is 0 Å². The topological polar surface area (TPSA) is 46.1 Å². The van der Waals surface area contributed by atoms with Crippen molar-refractivity contribution in [3.05, 3.63) is 83.7 Å². The van der Waals surface area contributed by atoms with Gasteiger partial charge in [0, 0.05) is 16.7 Å². The summed E-state index contributed by atoms with van der Waals surface area (Å²) < 4.78 is 1.08. The Balaban J connectivity index is 1.77. The molecule has 2 heterocycles. The van der Waals surface area contributed by atoms with Gasteiger partial charge in [0.2, 0.25) is 0 Å². The average molecular weight is 406 g/mol. The third-order valence-corrected chi connectivity index (χ3v) is 6.14. The van der Waals surface area contributed by atoms with Crippen LogP contribution in [0.15, 0.2) is 71.8 Å². The van der Waals surface area contributed by atoms with Crippen LogP contribution in [0.1, 0.15) is 21.6 Å². The number of aromatic nitrogens is 2. The third kappa shape index (κ3) is 3.93. The number of benzene rings is 2. The van der Waals surface area contributed by atoms with E-state index in [1.54, 1.807) is 22.9 Å². The number of amides is 1. The molecule has 0 atom stereocenters. The first-order valence-corrected chi connectivity index (χ1v) is 10.9. The van der Waals surface area contributed by atoms with Crippen LogP contribution >= 0.6 is 23.1 Å². The standard InChI is InChI=1S/C22H19N3OS2/c1-15-9-10-19-20(12-15)28-22(24-19)25(14-17-7-3-4-11-23-17)21(26)16-6-5-8-18(13-16)27-2/h3-13H,14H2,1-2H3. The maximum Gasteiger partial charge on any atom is 0.260 e. The van der Waals surface area contributed by atoms with Crippen molar-refractivity contribution in [1.82, 2.24) is 9.97 Å². The number of thiazole rings is 1. The van der Waals surface area contributed by atoms with Crippen molar-refractivity contribution < 1.29 is 4.79 Å². The number of pyridine rings is 1. The summed E-state index contributed by atoms with van der Waals surface area (Å²) in [7, 11) is 0. The van der Waals surface area contributed by atoms with Gasteiger partial charge in [-0.25, -0.2) is 4.98 Å². The molecule has 4 rings (SSSR count). The summed E-state index contributed by atoms with van der Waals surface area (Å²) in [6, 6.07) is 19.6. The molecule has 0 fully saturated rings. The lowest BCUT2D eigenvalue weighted by Crippen LogP contribution is -2.30. The first-order chi connectivity index (χ1) is 13.6. The van der Waals surface area contributed by atoms with Crippen molar-refractivity contribution in [1.29, 1.82) is 0 Å². The molecule has 0 radical (unpaired) electrons. The fourth-order valence-electron chi connectivity index (χ4n) is 2.93. The van der Waals surface area contributed by atoms with E-state index in [2.05, 4.69) is 18.0 Å². The number of carbonyl (C=O) groups excluding carboxylic acids is 1. The van der Waals surface area contributed by atoms with Gasteiger partial charge in [-0.15, -0.1) is 11.8 Å². The van der Waals surface area contributed by atoms with Crippen molar-refractivity contribution >= 4 is 44.4 Å². The van der Waals surface area contributed by atoms with E-state index >= 15 is 0 Å². The minimum Gasteiger partial charge on any atom is -0.278 e. The number of hydrogen-bond acceptors (Lipinski definition) is 5. The zero-order valence-corrected chi connectivity index (χ0v) is 17.3. The number of thioether (sulfide) groups is 1. The van der Waals surface area contributed by atoms with E-state index in [0.29, 0.717) is 17.2 Å². The van der Waals surface area contributed by atoms with Gasteiger partial charge >= 0.3 is 0 Å². The quantitative estimate of drug-likeness (QED) is 0.407. The summed E-state index contributed by atoms with van der Waals surface area (Å²) in [5, 5.41) is 0.686. The Labute approximate surface area is 172 Å². The number of carbonyl (C=O) groups is 1. The van der Waals surface area contributed by atoms with Crippen LogP contribution in [-0.4, -0.2) is 22.1 Å². The number of rotatable bonds is 5. The summed E-state index contributed by atoms with van der Waals surface area (Å²) in [5.74, 6) is -0.0719. The Bertz CT molecular complexity index is 1130. The lowest BCUT2D eigenvalue weighted by Gasteiger charge is -2.20. The van der Waals surface area contributed by atoms with Crippen LogP contribution in [0.4, 0.5) is 5.13 Å². The number of nitrogens with zero attached hydrogens (tertiary/aromatic N) is 3. The second kappa shape index (κ2) is 8.12. The molecule has 2 aromatic carbocycles. The first kappa shape index (κ1) is 18.7. The van der Waals surface area contributed by atoms with Crippen molar-refractivity contribution in [2.75, 3.05) is 11.2 Å². The van der Waals surface area contributed by atoms with Crippen LogP contribution in [0.2, 0.25) is 0 Å². The molecule has 0 saturated carbocycles. The largest absolute Gasteiger partial charge is 0.278 e. The zero-order valence-electron chi connectivity index (χ0n) is 15.6. The van der Waals surface area contributed by atoms with Gasteiger partial charge in [-0.05, 0) is 61.2 Å². The molecular weight excluding hydrogens is 386 g/mol. The second-order valence-electron chi connectivity index (χ2n) is 6.41. The predicted octanol–water partition coefficient (Wildman–Crippen LogP) is 5.57. The van der Waals surface area contributed by atoms with Gasteiger partial charge in [0.15, 0.2) is 5.13 Å². The van der Waals surface area contributed by atoms with Crippen molar-refractivity contribution in [2.45, 2.75) is 18.4 Å². The molecule has 0 aliphatic rings. The Hall–Kier alpha value is -2.70. The SMILES string of the molecule is CSc1cccc(C(=O)N(Cc2ccccn2)c2nc3ccc(C)cc3s2)c1. The molecular formula is C22H19N3OS2. The second-order valence-corrected chi connectivity index (χ2v) is 8.30. The van der Waals surface area contributed by atoms with Crippen molar-refractivity contribution in [2.24, 2.45) is 0 Å². The summed E-state index contributed by atoms with van der Waals surface area (Å²) >= 11 is 3.15. The molecule has 0 unspecified atom stereocenters. The summed E-state index contributed by atoms with van der Waals surface area (Å²) in [4.78, 5) is 25.3. The minimum absolute atomic E-state index is 0.0719. The van der Waals surface area contributed by atoms with E-state index in [1.165, 1.54) is 16.9 Å². The summed E-state index contributed by atoms with van der Waals surface area (Å²) in [6.45, 7) is 2.44. The van der Waals surface area contributed by atoms with Gasteiger partial charge in [0.25, 0.3) is 5.91 Å². The average Bonchev–Trinajstić information content (AvgIpc) is 3.15. The highest BCUT2D eigenvalue weighted by molar-refractivity contribution is 7.98. The Morgan fingerprint density at radius 3 is 2.79 bits per heavy atom. The molecule has 0 aliphatic carbocycles. The van der Waals surface area contributed by atoms with Crippen molar-refractivity contribution in [3.8, 4) is 0 Å². The van der Waals surface area contributed by atoms with Gasteiger partial charge in [-0.2, -0.15) is 0 Å². The highest BCUT2D eigenvalue weighted by Crippen LogP contribution is 2.31. The van der Waals surface area contributed by atoms with Crippen LogP contribution in [0, 0.1) is 6.92 Å². The highest BCUT2D eigenvalue weighted by atomic mass is 32.2. The lowest BCUT2D eigenvalue weighted by molar-refractivity contribution is 0.0984. The van der Waals surface area contributed by atoms with Crippen LogP contribution in [0.5, 0.6) is 0 Å². The van der Waals surface area contributed by atoms with Gasteiger partial charge in [-0.3, -0.25) is 14.7 Å². The van der Waals surface area contributed by atoms with E-state index in [1.807, 2.05) is 60.9 Å². The smallest absolute Gasteiger partial charge is 0.260 e. The van der Waals surface area contributed by atoms with Gasteiger partial charge in [0.1, 0.15) is 0 Å². The monoisotopic (exact) mass is 405 g/mol. The van der Waals surface area contributed by atoms with E-state index in [-0.39, 0.29) is 5.91 Å². The first-order valence-electron chi connectivity index (χ1n) is 8.87. The van der Waals surface area contributed by atoms with E-state index in [4.69, 9.17) is 4.98 Å². The molecule has 1 amide bonds. The van der Waals surface area contributed by atoms with Crippen LogP contribution in [0.3, 0.4) is 0 Å². The Morgan fingerprint density at radius 1 is 1.11 bits per heavy atom. The number of anilines is 1. The molecule has 0 bridgehead atoms. The summed E-state index contributed by atoms with van der Waals surface area (Å²) in [5.41, 5.74) is 3.56. The molecule has 2 aromatic heterocycles. The predicted molar refractivity (Wildman–Crippen MR) is 117 cm³/mol. The molecule has 28 heavy (non-hydrogen) atoms. The molecule has 0 saturated heterocycles. The molecule has 140 valence electrons. The highest BCUT2D eigenvalue weighted by Gasteiger charge is 2.22. The van der Waals surface area contributed by atoms with E-state index in [9.17, 15) is 4.79 Å². The number of fused-ring (bicyclic) bond motifs is 1. The molecule has 0 aliphatic heterocycles. The maximum absolute atomic E-state index is 13.4. The Kier molecular flexibility index (Phi) is 5.41. The normalized spacial score (nSPS) is 10.9. The van der Waals surface area contributed by atoms with Gasteiger partial charge in [-0.1, -0.05) is 29.5 Å². The minimum atomic E-state index is -0.0719. The number of aryl methyl sites for hydroxylation is 1. The van der Waals surface area contributed by atoms with Crippen LogP contribution in [0.25, 0.3) is 10.2 Å². The molecule has 4 nitrogen and oxygen atoms in total. The lowest BCUT2D eigenvalue weighted by atomic mass is 10.2. The van der Waals surface area contributed by atoms with Crippen molar-refractivity contribution in [3.63, 3.8) is 0 Å². The molecule has 6 heteroatoms. The van der Waals surface area contributed by atoms with Crippen LogP contribution < -0.4 is 4.90 Å². The van der Waals surface area contributed by atoms with Gasteiger partial charge in [0.05, 0.1) is 22.5 Å². The fraction of sp³-hybridized carbons (Fsp3) is 0.136. The maximum atomic E-state index is 13.4. The Morgan fingerprint density at radius 2 is 2.00 bits per heavy atom. The van der Waals surface area contributed by atoms with E-state index in [0.717, 1.165) is 20.8 Å². The third-order valence-electron chi connectivity index (χ3n) is 4.37. The number of hydrogen-bond donors (Lipinski definition) is 0. The molecule has 4 aromatic rings. The van der Waals surface area contributed by atoms with Crippen LogP contribution in [-0.2, 0) is 6.54 Å². The molecule has 0 N–H and O–H groups in total. The molecule has 0 spiro atoms. The summed E-state index contributed by atoms with van der Waals surface area (Å²) in [6.07, 6.45) is 3.75. The zero-order chi connectivity index (χ0) is 19.5.